The molecule has 0 atom stereocenters. The number of anilines is 1. The predicted molar refractivity (Wildman–Crippen MR) is 116 cm³/mol. The zero-order valence-corrected chi connectivity index (χ0v) is 16.6. The summed E-state index contributed by atoms with van der Waals surface area (Å²) in [7, 11) is 0. The molecular weight excluding hydrogens is 376 g/mol. The molecule has 5 heteroatoms. The van der Waals surface area contributed by atoms with Crippen LogP contribution in [0.2, 0.25) is 0 Å². The van der Waals surface area contributed by atoms with Crippen LogP contribution < -0.4 is 15.4 Å². The van der Waals surface area contributed by atoms with Gasteiger partial charge in [0.25, 0.3) is 5.91 Å². The van der Waals surface area contributed by atoms with Crippen LogP contribution in [-0.2, 0) is 17.9 Å². The van der Waals surface area contributed by atoms with Crippen LogP contribution in [0.5, 0.6) is 5.75 Å². The molecule has 0 aromatic heterocycles. The van der Waals surface area contributed by atoms with Crippen molar-refractivity contribution in [1.29, 1.82) is 0 Å². The second kappa shape index (κ2) is 9.27. The van der Waals surface area contributed by atoms with Crippen LogP contribution in [0.15, 0.2) is 78.9 Å². The SMILES string of the molecule is O=C(NCc1cccc(OCc2ccccc2)c1)c1ccc(NC(=O)C2CC2)cc1. The van der Waals surface area contributed by atoms with Crippen LogP contribution in [0.25, 0.3) is 0 Å². The molecule has 0 spiro atoms. The number of ether oxygens (including phenoxy) is 1. The standard InChI is InChI=1S/C25H24N2O3/c28-24(20-11-13-22(14-12-20)27-25(29)21-9-10-21)26-16-19-7-4-8-23(15-19)30-17-18-5-2-1-3-6-18/h1-8,11-15,21H,9-10,16-17H2,(H,26,28)(H,27,29). The Morgan fingerprint density at radius 3 is 2.33 bits per heavy atom. The zero-order valence-electron chi connectivity index (χ0n) is 16.6. The van der Waals surface area contributed by atoms with E-state index in [2.05, 4.69) is 10.6 Å². The molecule has 1 saturated carbocycles. The van der Waals surface area contributed by atoms with E-state index in [1.807, 2.05) is 54.6 Å². The Hall–Kier alpha value is -3.60. The highest BCUT2D eigenvalue weighted by molar-refractivity contribution is 5.96. The minimum atomic E-state index is -0.161. The number of rotatable bonds is 8. The van der Waals surface area contributed by atoms with Crippen molar-refractivity contribution in [3.8, 4) is 5.75 Å². The summed E-state index contributed by atoms with van der Waals surface area (Å²) in [4.78, 5) is 24.2. The highest BCUT2D eigenvalue weighted by Crippen LogP contribution is 2.30. The maximum absolute atomic E-state index is 12.4. The molecule has 1 fully saturated rings. The second-order valence-corrected chi connectivity index (χ2v) is 7.45. The summed E-state index contributed by atoms with van der Waals surface area (Å²) in [5.41, 5.74) is 3.33. The monoisotopic (exact) mass is 400 g/mol. The Bertz CT molecular complexity index is 1010. The first-order valence-corrected chi connectivity index (χ1v) is 10.1. The zero-order chi connectivity index (χ0) is 20.8. The normalized spacial score (nSPS) is 12.8. The molecule has 0 bridgehead atoms. The maximum atomic E-state index is 12.4. The number of benzene rings is 3. The van der Waals surface area contributed by atoms with Gasteiger partial charge in [-0.3, -0.25) is 9.59 Å². The van der Waals surface area contributed by atoms with Gasteiger partial charge in [0.15, 0.2) is 0 Å². The molecule has 2 N–H and O–H groups in total. The molecule has 0 unspecified atom stereocenters. The molecule has 3 aromatic carbocycles. The Balaban J connectivity index is 1.28. The molecule has 0 radical (unpaired) electrons. The molecule has 30 heavy (non-hydrogen) atoms. The number of amides is 2. The van der Waals surface area contributed by atoms with Crippen molar-refractivity contribution < 1.29 is 14.3 Å². The molecule has 4 rings (SSSR count). The van der Waals surface area contributed by atoms with Crippen LogP contribution in [0.4, 0.5) is 5.69 Å². The number of nitrogens with one attached hydrogen (secondary N) is 2. The lowest BCUT2D eigenvalue weighted by molar-refractivity contribution is -0.117. The molecule has 0 aliphatic heterocycles. The molecular formula is C25H24N2O3. The van der Waals surface area contributed by atoms with E-state index in [1.54, 1.807) is 24.3 Å². The number of hydrogen-bond acceptors (Lipinski definition) is 3. The highest BCUT2D eigenvalue weighted by atomic mass is 16.5. The summed E-state index contributed by atoms with van der Waals surface area (Å²) >= 11 is 0. The van der Waals surface area contributed by atoms with Crippen molar-refractivity contribution in [2.45, 2.75) is 26.0 Å². The molecule has 152 valence electrons. The van der Waals surface area contributed by atoms with Gasteiger partial charge in [-0.2, -0.15) is 0 Å². The van der Waals surface area contributed by atoms with Crippen LogP contribution >= 0.6 is 0 Å². The molecule has 5 nitrogen and oxygen atoms in total. The van der Waals surface area contributed by atoms with Crippen molar-refractivity contribution in [2.75, 3.05) is 5.32 Å². The lowest BCUT2D eigenvalue weighted by Crippen LogP contribution is -2.22. The van der Waals surface area contributed by atoms with Gasteiger partial charge in [0.05, 0.1) is 0 Å². The lowest BCUT2D eigenvalue weighted by atomic mass is 10.1. The third-order valence-corrected chi connectivity index (χ3v) is 4.96. The predicted octanol–water partition coefficient (Wildman–Crippen LogP) is 4.54. The number of carbonyl (C=O) groups is 2. The summed E-state index contributed by atoms with van der Waals surface area (Å²) in [5, 5.41) is 5.80. The average molecular weight is 400 g/mol. The first-order chi connectivity index (χ1) is 14.7. The van der Waals surface area contributed by atoms with E-state index < -0.39 is 0 Å². The molecule has 2 amide bonds. The van der Waals surface area contributed by atoms with Crippen molar-refractivity contribution in [1.82, 2.24) is 5.32 Å². The fourth-order valence-electron chi connectivity index (χ4n) is 3.07. The van der Waals surface area contributed by atoms with E-state index in [9.17, 15) is 9.59 Å². The van der Waals surface area contributed by atoms with Gasteiger partial charge in [0.1, 0.15) is 12.4 Å². The van der Waals surface area contributed by atoms with E-state index in [0.29, 0.717) is 24.4 Å². The smallest absolute Gasteiger partial charge is 0.251 e. The molecule has 0 saturated heterocycles. The van der Waals surface area contributed by atoms with Gasteiger partial charge < -0.3 is 15.4 Å². The summed E-state index contributed by atoms with van der Waals surface area (Å²) < 4.78 is 5.84. The minimum absolute atomic E-state index is 0.0570. The van der Waals surface area contributed by atoms with Crippen LogP contribution in [-0.4, -0.2) is 11.8 Å². The van der Waals surface area contributed by atoms with Crippen molar-refractivity contribution in [2.24, 2.45) is 5.92 Å². The van der Waals surface area contributed by atoms with Gasteiger partial charge in [-0.15, -0.1) is 0 Å². The van der Waals surface area contributed by atoms with E-state index >= 15 is 0 Å². The lowest BCUT2D eigenvalue weighted by Gasteiger charge is -2.10. The first kappa shape index (κ1) is 19.7. The minimum Gasteiger partial charge on any atom is -0.489 e. The maximum Gasteiger partial charge on any atom is 0.251 e. The van der Waals surface area contributed by atoms with Crippen molar-refractivity contribution in [3.05, 3.63) is 95.6 Å². The van der Waals surface area contributed by atoms with Crippen LogP contribution in [0, 0.1) is 5.92 Å². The van der Waals surface area contributed by atoms with E-state index in [1.165, 1.54) is 0 Å². The summed E-state index contributed by atoms with van der Waals surface area (Å²) in [6.45, 7) is 0.905. The van der Waals surface area contributed by atoms with Crippen LogP contribution in [0.1, 0.15) is 34.3 Å². The summed E-state index contributed by atoms with van der Waals surface area (Å²) in [5.74, 6) is 0.814. The fourth-order valence-corrected chi connectivity index (χ4v) is 3.07. The third-order valence-electron chi connectivity index (χ3n) is 4.96. The fraction of sp³-hybridized carbons (Fsp3) is 0.200. The third kappa shape index (κ3) is 5.47. The topological polar surface area (TPSA) is 67.4 Å². The van der Waals surface area contributed by atoms with Gasteiger partial charge in [-0.05, 0) is 60.4 Å². The van der Waals surface area contributed by atoms with E-state index in [0.717, 1.165) is 29.7 Å². The number of hydrogen-bond donors (Lipinski definition) is 2. The average Bonchev–Trinajstić information content (AvgIpc) is 3.63. The van der Waals surface area contributed by atoms with Crippen molar-refractivity contribution in [3.63, 3.8) is 0 Å². The molecule has 1 aliphatic rings. The Morgan fingerprint density at radius 1 is 0.867 bits per heavy atom. The molecule has 3 aromatic rings. The Kier molecular flexibility index (Phi) is 6.09. The Morgan fingerprint density at radius 2 is 1.60 bits per heavy atom. The Labute approximate surface area is 176 Å². The van der Waals surface area contributed by atoms with Gasteiger partial charge in [0, 0.05) is 23.7 Å². The highest BCUT2D eigenvalue weighted by Gasteiger charge is 2.29. The summed E-state index contributed by atoms with van der Waals surface area (Å²) in [6, 6.07) is 24.6. The van der Waals surface area contributed by atoms with Gasteiger partial charge in [0.2, 0.25) is 5.91 Å². The first-order valence-electron chi connectivity index (χ1n) is 10.1. The van der Waals surface area contributed by atoms with Crippen LogP contribution in [0.3, 0.4) is 0 Å². The second-order valence-electron chi connectivity index (χ2n) is 7.45. The molecule has 0 heterocycles. The van der Waals surface area contributed by atoms with Gasteiger partial charge in [-0.1, -0.05) is 42.5 Å². The number of carbonyl (C=O) groups excluding carboxylic acids is 2. The van der Waals surface area contributed by atoms with Crippen molar-refractivity contribution >= 4 is 17.5 Å². The van der Waals surface area contributed by atoms with E-state index in [4.69, 9.17) is 4.74 Å². The quantitative estimate of drug-likeness (QED) is 0.583. The van der Waals surface area contributed by atoms with Gasteiger partial charge in [-0.25, -0.2) is 0 Å². The largest absolute Gasteiger partial charge is 0.489 e. The molecule has 1 aliphatic carbocycles. The summed E-state index contributed by atoms with van der Waals surface area (Å²) in [6.07, 6.45) is 1.93. The van der Waals surface area contributed by atoms with Gasteiger partial charge >= 0.3 is 0 Å². The van der Waals surface area contributed by atoms with E-state index in [-0.39, 0.29) is 17.7 Å².